The third-order valence-corrected chi connectivity index (χ3v) is 4.11. The Morgan fingerprint density at radius 3 is 1.69 bits per heavy atom. The molecule has 0 aliphatic carbocycles. The van der Waals surface area contributed by atoms with Gasteiger partial charge in [-0.15, -0.1) is 0 Å². The topological polar surface area (TPSA) is 59.9 Å². The maximum Gasteiger partial charge on any atom is 0.181 e. The number of carbonyl (C=O) groups excluding carboxylic acids is 2. The largest absolute Gasteiger partial charge is 0.292 e. The van der Waals surface area contributed by atoms with Crippen molar-refractivity contribution < 1.29 is 14.0 Å². The summed E-state index contributed by atoms with van der Waals surface area (Å²) < 4.78 is 13.3. The van der Waals surface area contributed by atoms with Crippen molar-refractivity contribution in [3.63, 3.8) is 0 Å². The Kier molecular flexibility index (Phi) is 5.59. The fourth-order valence-electron chi connectivity index (χ4n) is 2.75. The van der Waals surface area contributed by atoms with Gasteiger partial charge in [-0.2, -0.15) is 0 Å². The number of carbonyl (C=O) groups is 2. The first kappa shape index (κ1) is 17.6. The Balaban J connectivity index is 1.83. The number of halogens is 1. The molecule has 0 N–H and O–H groups in total. The molecule has 130 valence electrons. The maximum atomic E-state index is 13.3. The summed E-state index contributed by atoms with van der Waals surface area (Å²) in [4.78, 5) is 33.2. The van der Waals surface area contributed by atoms with E-state index >= 15 is 0 Å². The van der Waals surface area contributed by atoms with E-state index in [1.165, 1.54) is 12.1 Å². The summed E-state index contributed by atoms with van der Waals surface area (Å²) in [5.74, 6) is -1.05. The zero-order valence-corrected chi connectivity index (χ0v) is 14.0. The average molecular weight is 348 g/mol. The zero-order chi connectivity index (χ0) is 18.4. The summed E-state index contributed by atoms with van der Waals surface area (Å²) >= 11 is 0. The van der Waals surface area contributed by atoms with Crippen LogP contribution in [0.3, 0.4) is 0 Å². The van der Waals surface area contributed by atoms with Crippen molar-refractivity contribution >= 4 is 11.6 Å². The van der Waals surface area contributed by atoms with Crippen LogP contribution in [0.1, 0.15) is 45.3 Å². The molecule has 0 aliphatic rings. The minimum atomic E-state index is -0.375. The molecule has 0 unspecified atom stereocenters. The van der Waals surface area contributed by atoms with Crippen molar-refractivity contribution in [1.82, 2.24) is 9.97 Å². The zero-order valence-electron chi connectivity index (χ0n) is 14.0. The van der Waals surface area contributed by atoms with Crippen LogP contribution in [0, 0.1) is 5.82 Å². The lowest BCUT2D eigenvalue weighted by Gasteiger charge is -2.16. The molecular formula is C21H17FN2O2. The van der Waals surface area contributed by atoms with Crippen LogP contribution < -0.4 is 0 Å². The molecule has 5 heteroatoms. The second-order valence-electron chi connectivity index (χ2n) is 5.93. The van der Waals surface area contributed by atoms with E-state index in [2.05, 4.69) is 9.97 Å². The first-order chi connectivity index (χ1) is 12.6. The molecule has 0 radical (unpaired) electrons. The monoisotopic (exact) mass is 348 g/mol. The van der Waals surface area contributed by atoms with Crippen molar-refractivity contribution in [3.05, 3.63) is 95.8 Å². The molecule has 3 aromatic rings. The summed E-state index contributed by atoms with van der Waals surface area (Å²) in [7, 11) is 0. The minimum Gasteiger partial charge on any atom is -0.292 e. The highest BCUT2D eigenvalue weighted by atomic mass is 19.1. The highest BCUT2D eigenvalue weighted by Crippen LogP contribution is 2.27. The van der Waals surface area contributed by atoms with E-state index in [9.17, 15) is 14.0 Å². The van der Waals surface area contributed by atoms with Crippen LogP contribution in [0.15, 0.2) is 73.1 Å². The van der Waals surface area contributed by atoms with Gasteiger partial charge >= 0.3 is 0 Å². The van der Waals surface area contributed by atoms with Crippen LogP contribution in [0.4, 0.5) is 4.39 Å². The molecule has 0 spiro atoms. The predicted octanol–water partition coefficient (Wildman–Crippen LogP) is 4.25. The second kappa shape index (κ2) is 8.25. The van der Waals surface area contributed by atoms with E-state index in [1.807, 2.05) is 0 Å². The number of aromatic nitrogens is 2. The minimum absolute atomic E-state index is 0.112. The Morgan fingerprint density at radius 2 is 1.27 bits per heavy atom. The van der Waals surface area contributed by atoms with Gasteiger partial charge in [-0.3, -0.25) is 19.6 Å². The van der Waals surface area contributed by atoms with Gasteiger partial charge in [0, 0.05) is 25.2 Å². The van der Waals surface area contributed by atoms with Crippen LogP contribution >= 0.6 is 0 Å². The summed E-state index contributed by atoms with van der Waals surface area (Å²) in [5.41, 5.74) is 1.44. The lowest BCUT2D eigenvalue weighted by Crippen LogP contribution is -2.14. The van der Waals surface area contributed by atoms with E-state index in [0.717, 1.165) is 5.56 Å². The van der Waals surface area contributed by atoms with E-state index in [4.69, 9.17) is 0 Å². The van der Waals surface area contributed by atoms with Gasteiger partial charge in [-0.1, -0.05) is 24.3 Å². The number of ketones is 2. The number of Topliss-reactive ketones (excluding diaryl/α,β-unsaturated/α-hetero) is 2. The van der Waals surface area contributed by atoms with E-state index in [1.54, 1.807) is 60.9 Å². The second-order valence-corrected chi connectivity index (χ2v) is 5.93. The Bertz CT molecular complexity index is 827. The molecule has 2 heterocycles. The molecule has 0 bridgehead atoms. The van der Waals surface area contributed by atoms with Crippen LogP contribution in [0.5, 0.6) is 0 Å². The van der Waals surface area contributed by atoms with Crippen LogP contribution in [0.2, 0.25) is 0 Å². The first-order valence-electron chi connectivity index (χ1n) is 8.27. The average Bonchev–Trinajstić information content (AvgIpc) is 2.69. The number of benzene rings is 1. The Morgan fingerprint density at radius 1 is 0.769 bits per heavy atom. The highest BCUT2D eigenvalue weighted by Gasteiger charge is 2.22. The highest BCUT2D eigenvalue weighted by molar-refractivity contribution is 5.97. The van der Waals surface area contributed by atoms with Gasteiger partial charge in [0.25, 0.3) is 0 Å². The van der Waals surface area contributed by atoms with E-state index in [0.29, 0.717) is 11.4 Å². The van der Waals surface area contributed by atoms with Crippen molar-refractivity contribution in [1.29, 1.82) is 0 Å². The SMILES string of the molecule is O=C(CC(CC(=O)c1ccccn1)c1ccc(F)cc1)c1ccccn1. The van der Waals surface area contributed by atoms with Crippen LogP contribution in [0.25, 0.3) is 0 Å². The third kappa shape index (κ3) is 4.45. The summed E-state index contributed by atoms with van der Waals surface area (Å²) in [5, 5.41) is 0. The molecule has 0 saturated heterocycles. The molecule has 0 saturated carbocycles. The molecule has 1 aromatic carbocycles. The summed E-state index contributed by atoms with van der Waals surface area (Å²) in [6, 6.07) is 16.1. The Labute approximate surface area is 150 Å². The molecule has 3 rings (SSSR count). The van der Waals surface area contributed by atoms with E-state index in [-0.39, 0.29) is 36.1 Å². The van der Waals surface area contributed by atoms with Crippen molar-refractivity contribution in [2.24, 2.45) is 0 Å². The number of hydrogen-bond donors (Lipinski definition) is 0. The molecule has 0 amide bonds. The molecular weight excluding hydrogens is 331 g/mol. The van der Waals surface area contributed by atoms with Crippen molar-refractivity contribution in [2.75, 3.05) is 0 Å². The lowest BCUT2D eigenvalue weighted by atomic mass is 9.87. The summed E-state index contributed by atoms with van der Waals surface area (Å²) in [6.07, 6.45) is 3.33. The van der Waals surface area contributed by atoms with E-state index < -0.39 is 0 Å². The van der Waals surface area contributed by atoms with Crippen molar-refractivity contribution in [3.8, 4) is 0 Å². The quantitative estimate of drug-likeness (QED) is 0.599. The van der Waals surface area contributed by atoms with Gasteiger partial charge < -0.3 is 0 Å². The summed E-state index contributed by atoms with van der Waals surface area (Å²) in [6.45, 7) is 0. The van der Waals surface area contributed by atoms with Gasteiger partial charge in [0.2, 0.25) is 0 Å². The molecule has 26 heavy (non-hydrogen) atoms. The number of rotatable bonds is 7. The predicted molar refractivity (Wildman–Crippen MR) is 95.5 cm³/mol. The lowest BCUT2D eigenvalue weighted by molar-refractivity contribution is 0.0939. The fourth-order valence-corrected chi connectivity index (χ4v) is 2.75. The maximum absolute atomic E-state index is 13.3. The smallest absolute Gasteiger partial charge is 0.181 e. The van der Waals surface area contributed by atoms with Crippen molar-refractivity contribution in [2.45, 2.75) is 18.8 Å². The van der Waals surface area contributed by atoms with Gasteiger partial charge in [0.15, 0.2) is 11.6 Å². The molecule has 0 atom stereocenters. The van der Waals surface area contributed by atoms with Crippen LogP contribution in [-0.4, -0.2) is 21.5 Å². The van der Waals surface area contributed by atoms with Gasteiger partial charge in [0.1, 0.15) is 17.2 Å². The van der Waals surface area contributed by atoms with Gasteiger partial charge in [-0.05, 0) is 47.9 Å². The van der Waals surface area contributed by atoms with Crippen LogP contribution in [-0.2, 0) is 0 Å². The molecule has 0 fully saturated rings. The molecule has 4 nitrogen and oxygen atoms in total. The number of nitrogens with zero attached hydrogens (tertiary/aromatic N) is 2. The fraction of sp³-hybridized carbons (Fsp3) is 0.143. The molecule has 0 aliphatic heterocycles. The standard InChI is InChI=1S/C21H17FN2O2/c22-17-9-7-15(8-10-17)16(13-20(25)18-5-1-3-11-23-18)14-21(26)19-6-2-4-12-24-19/h1-12,16H,13-14H2. The normalized spacial score (nSPS) is 10.7. The number of pyridine rings is 2. The Hall–Kier alpha value is -3.21. The first-order valence-corrected chi connectivity index (χ1v) is 8.27. The number of hydrogen-bond acceptors (Lipinski definition) is 4. The van der Waals surface area contributed by atoms with Gasteiger partial charge in [-0.25, -0.2) is 4.39 Å². The molecule has 2 aromatic heterocycles. The van der Waals surface area contributed by atoms with Gasteiger partial charge in [0.05, 0.1) is 0 Å². The third-order valence-electron chi connectivity index (χ3n) is 4.11.